The van der Waals surface area contributed by atoms with Crippen molar-refractivity contribution in [2.45, 2.75) is 32.4 Å². The first-order chi connectivity index (χ1) is 8.90. The van der Waals surface area contributed by atoms with Gasteiger partial charge in [-0.15, -0.1) is 0 Å². The first-order valence-electron chi connectivity index (χ1n) is 6.66. The van der Waals surface area contributed by atoms with Crippen molar-refractivity contribution >= 4 is 11.6 Å². The highest BCUT2D eigenvalue weighted by atomic mass is 16.2. The second-order valence-corrected chi connectivity index (χ2v) is 5.33. The van der Waals surface area contributed by atoms with Crippen LogP contribution in [0.5, 0.6) is 0 Å². The molecule has 1 atom stereocenters. The summed E-state index contributed by atoms with van der Waals surface area (Å²) in [5.74, 6) is 0.147. The first kappa shape index (κ1) is 15.5. The molecule has 0 saturated heterocycles. The van der Waals surface area contributed by atoms with Crippen molar-refractivity contribution in [3.05, 3.63) is 29.8 Å². The van der Waals surface area contributed by atoms with Crippen LogP contribution in [-0.2, 0) is 11.3 Å². The van der Waals surface area contributed by atoms with Crippen LogP contribution in [0.4, 0.5) is 5.69 Å². The Kier molecular flexibility index (Phi) is 5.83. The number of carbonyl (C=O) groups excluding carboxylic acids is 1. The Bertz CT molecular complexity index is 398. The van der Waals surface area contributed by atoms with Gasteiger partial charge in [0.05, 0.1) is 0 Å². The molecule has 19 heavy (non-hydrogen) atoms. The largest absolute Gasteiger partial charge is 0.378 e. The molecule has 1 aromatic carbocycles. The lowest BCUT2D eigenvalue weighted by molar-refractivity contribution is -0.130. The van der Waals surface area contributed by atoms with Gasteiger partial charge in [-0.25, -0.2) is 0 Å². The van der Waals surface area contributed by atoms with Gasteiger partial charge in [0.2, 0.25) is 5.91 Å². The zero-order chi connectivity index (χ0) is 14.4. The number of amides is 1. The summed E-state index contributed by atoms with van der Waals surface area (Å²) in [4.78, 5) is 15.7. The fourth-order valence-corrected chi connectivity index (χ4v) is 1.80. The number of carbonyl (C=O) groups is 1. The van der Waals surface area contributed by atoms with Crippen LogP contribution in [0, 0.1) is 0 Å². The predicted octanol–water partition coefficient (Wildman–Crippen LogP) is 1.84. The van der Waals surface area contributed by atoms with Crippen molar-refractivity contribution < 1.29 is 4.79 Å². The maximum Gasteiger partial charge on any atom is 0.222 e. The van der Waals surface area contributed by atoms with Gasteiger partial charge >= 0.3 is 0 Å². The van der Waals surface area contributed by atoms with Crippen LogP contribution in [0.3, 0.4) is 0 Å². The highest BCUT2D eigenvalue weighted by Gasteiger charge is 2.10. The molecule has 2 N–H and O–H groups in total. The van der Waals surface area contributed by atoms with Crippen LogP contribution in [0.25, 0.3) is 0 Å². The third-order valence-electron chi connectivity index (χ3n) is 3.11. The zero-order valence-electron chi connectivity index (χ0n) is 12.4. The van der Waals surface area contributed by atoms with E-state index in [4.69, 9.17) is 5.73 Å². The van der Waals surface area contributed by atoms with E-state index in [0.29, 0.717) is 13.0 Å². The summed E-state index contributed by atoms with van der Waals surface area (Å²) in [7, 11) is 5.86. The van der Waals surface area contributed by atoms with Gasteiger partial charge in [0.25, 0.3) is 0 Å². The first-order valence-corrected chi connectivity index (χ1v) is 6.66. The Morgan fingerprint density at radius 3 is 2.26 bits per heavy atom. The second-order valence-electron chi connectivity index (χ2n) is 5.33. The highest BCUT2D eigenvalue weighted by Crippen LogP contribution is 2.13. The Hall–Kier alpha value is -1.55. The molecule has 0 saturated carbocycles. The maximum atomic E-state index is 11.9. The van der Waals surface area contributed by atoms with Gasteiger partial charge in [0, 0.05) is 45.8 Å². The molecule has 0 aromatic heterocycles. The fraction of sp³-hybridized carbons (Fsp3) is 0.533. The molecule has 0 bridgehead atoms. The molecular weight excluding hydrogens is 238 g/mol. The molecule has 4 nitrogen and oxygen atoms in total. The third kappa shape index (κ3) is 5.30. The van der Waals surface area contributed by atoms with Gasteiger partial charge < -0.3 is 15.5 Å². The van der Waals surface area contributed by atoms with Crippen LogP contribution < -0.4 is 10.6 Å². The van der Waals surface area contributed by atoms with Gasteiger partial charge in [0.1, 0.15) is 0 Å². The minimum atomic E-state index is 0.0803. The lowest BCUT2D eigenvalue weighted by Gasteiger charge is -2.19. The van der Waals surface area contributed by atoms with Crippen molar-refractivity contribution in [1.82, 2.24) is 4.90 Å². The summed E-state index contributed by atoms with van der Waals surface area (Å²) < 4.78 is 0. The second kappa shape index (κ2) is 7.14. The number of rotatable bonds is 6. The molecule has 0 aliphatic carbocycles. The average Bonchev–Trinajstić information content (AvgIpc) is 2.36. The minimum Gasteiger partial charge on any atom is -0.378 e. The lowest BCUT2D eigenvalue weighted by Crippen LogP contribution is -2.28. The van der Waals surface area contributed by atoms with Crippen molar-refractivity contribution in [2.24, 2.45) is 5.73 Å². The van der Waals surface area contributed by atoms with Gasteiger partial charge in [-0.05, 0) is 31.0 Å². The predicted molar refractivity (Wildman–Crippen MR) is 80.1 cm³/mol. The maximum absolute atomic E-state index is 11.9. The van der Waals surface area contributed by atoms with Gasteiger partial charge in [-0.3, -0.25) is 4.79 Å². The van der Waals surface area contributed by atoms with E-state index in [-0.39, 0.29) is 11.9 Å². The van der Waals surface area contributed by atoms with E-state index in [1.165, 1.54) is 0 Å². The van der Waals surface area contributed by atoms with E-state index < -0.39 is 0 Å². The van der Waals surface area contributed by atoms with E-state index >= 15 is 0 Å². The van der Waals surface area contributed by atoms with Crippen molar-refractivity contribution in [2.75, 3.05) is 26.0 Å². The monoisotopic (exact) mass is 263 g/mol. The van der Waals surface area contributed by atoms with Crippen LogP contribution in [-0.4, -0.2) is 38.0 Å². The van der Waals surface area contributed by atoms with Gasteiger partial charge in [-0.2, -0.15) is 0 Å². The summed E-state index contributed by atoms with van der Waals surface area (Å²) in [6.07, 6.45) is 1.26. The number of hydrogen-bond donors (Lipinski definition) is 1. The molecule has 0 spiro atoms. The zero-order valence-corrected chi connectivity index (χ0v) is 12.4. The SMILES string of the molecule is CC(N)CCC(=O)N(C)Cc1ccc(N(C)C)cc1. The number of benzene rings is 1. The summed E-state index contributed by atoms with van der Waals surface area (Å²) in [5.41, 5.74) is 7.97. The molecule has 0 radical (unpaired) electrons. The Morgan fingerprint density at radius 2 is 1.79 bits per heavy atom. The number of anilines is 1. The quantitative estimate of drug-likeness (QED) is 0.852. The minimum absolute atomic E-state index is 0.0803. The molecule has 1 rings (SSSR count). The van der Waals surface area contributed by atoms with E-state index in [2.05, 4.69) is 29.2 Å². The number of nitrogens with zero attached hydrogens (tertiary/aromatic N) is 2. The smallest absolute Gasteiger partial charge is 0.222 e. The molecule has 106 valence electrons. The topological polar surface area (TPSA) is 49.6 Å². The number of hydrogen-bond acceptors (Lipinski definition) is 3. The van der Waals surface area contributed by atoms with E-state index in [1.807, 2.05) is 28.1 Å². The van der Waals surface area contributed by atoms with Crippen molar-refractivity contribution in [1.29, 1.82) is 0 Å². The third-order valence-corrected chi connectivity index (χ3v) is 3.11. The normalized spacial score (nSPS) is 12.1. The van der Waals surface area contributed by atoms with Crippen LogP contribution in [0.1, 0.15) is 25.3 Å². The molecule has 0 aliphatic rings. The molecule has 0 heterocycles. The molecular formula is C15H25N3O. The van der Waals surface area contributed by atoms with Crippen LogP contribution >= 0.6 is 0 Å². The van der Waals surface area contributed by atoms with Crippen molar-refractivity contribution in [3.63, 3.8) is 0 Å². The summed E-state index contributed by atoms with van der Waals surface area (Å²) in [6, 6.07) is 8.33. The van der Waals surface area contributed by atoms with Crippen LogP contribution in [0.2, 0.25) is 0 Å². The highest BCUT2D eigenvalue weighted by molar-refractivity contribution is 5.75. The number of nitrogens with two attached hydrogens (primary N) is 1. The van der Waals surface area contributed by atoms with Gasteiger partial charge in [0.15, 0.2) is 0 Å². The van der Waals surface area contributed by atoms with E-state index in [9.17, 15) is 4.79 Å². The lowest BCUT2D eigenvalue weighted by atomic mass is 10.1. The Balaban J connectivity index is 2.51. The molecule has 0 fully saturated rings. The van der Waals surface area contributed by atoms with Crippen molar-refractivity contribution in [3.8, 4) is 0 Å². The van der Waals surface area contributed by atoms with E-state index in [1.54, 1.807) is 4.90 Å². The van der Waals surface area contributed by atoms with Crippen LogP contribution in [0.15, 0.2) is 24.3 Å². The Morgan fingerprint density at radius 1 is 1.21 bits per heavy atom. The molecule has 1 unspecified atom stereocenters. The van der Waals surface area contributed by atoms with Gasteiger partial charge in [-0.1, -0.05) is 12.1 Å². The summed E-state index contributed by atoms with van der Waals surface area (Å²) in [6.45, 7) is 2.57. The van der Waals surface area contributed by atoms with E-state index in [0.717, 1.165) is 17.7 Å². The summed E-state index contributed by atoms with van der Waals surface area (Å²) >= 11 is 0. The fourth-order valence-electron chi connectivity index (χ4n) is 1.80. The molecule has 4 heteroatoms. The summed E-state index contributed by atoms with van der Waals surface area (Å²) in [5, 5.41) is 0. The standard InChI is InChI=1S/C15H25N3O/c1-12(16)5-10-15(19)18(4)11-13-6-8-14(9-7-13)17(2)3/h6-9,12H,5,10-11,16H2,1-4H3. The Labute approximate surface area is 116 Å². The molecule has 1 aromatic rings. The average molecular weight is 263 g/mol. The molecule has 1 amide bonds. The molecule has 0 aliphatic heterocycles.